The monoisotopic (exact) mass is 159 g/mol. The Kier molecular flexibility index (Phi) is 24.4. The molecule has 0 aromatic rings. The summed E-state index contributed by atoms with van der Waals surface area (Å²) in [6.45, 7) is 11.3. The molecule has 2 nitrogen and oxygen atoms in total. The molecule has 0 aliphatic carbocycles. The fourth-order valence-electron chi connectivity index (χ4n) is 0.183. The van der Waals surface area contributed by atoms with Crippen molar-refractivity contribution in [1.82, 2.24) is 4.90 Å². The third kappa shape index (κ3) is 17.6. The smallest absolute Gasteiger partial charge is 0.245 e. The second-order valence-corrected chi connectivity index (χ2v) is 1.44. The summed E-state index contributed by atoms with van der Waals surface area (Å²) in [6.07, 6.45) is 1.28. The van der Waals surface area contributed by atoms with E-state index >= 15 is 0 Å². The maximum absolute atomic E-state index is 10.3. The van der Waals surface area contributed by atoms with Crippen LogP contribution in [-0.2, 0) is 4.79 Å². The van der Waals surface area contributed by atoms with E-state index in [9.17, 15) is 4.79 Å². The molecule has 11 heavy (non-hydrogen) atoms. The number of hydrogen-bond donors (Lipinski definition) is 0. The maximum atomic E-state index is 10.3. The summed E-state index contributed by atoms with van der Waals surface area (Å²) in [5.74, 6) is -0.0556. The molecule has 68 valence electrons. The van der Waals surface area contributed by atoms with E-state index in [2.05, 4.69) is 6.58 Å². The molecule has 0 N–H and O–H groups in total. The predicted octanol–water partition coefficient (Wildman–Crippen LogP) is 2.31. The van der Waals surface area contributed by atoms with Crippen molar-refractivity contribution in [2.24, 2.45) is 0 Å². The van der Waals surface area contributed by atoms with Crippen LogP contribution < -0.4 is 0 Å². The highest BCUT2D eigenvalue weighted by Gasteiger charge is 1.91. The lowest BCUT2D eigenvalue weighted by molar-refractivity contribution is -0.123. The van der Waals surface area contributed by atoms with Gasteiger partial charge in [0.15, 0.2) is 0 Å². The Morgan fingerprint density at radius 1 is 1.18 bits per heavy atom. The van der Waals surface area contributed by atoms with Crippen LogP contribution in [0.3, 0.4) is 0 Å². The lowest BCUT2D eigenvalue weighted by Gasteiger charge is -2.03. The fourth-order valence-corrected chi connectivity index (χ4v) is 0.183. The molecular weight excluding hydrogens is 138 g/mol. The number of carbonyl (C=O) groups excluding carboxylic acids is 1. The minimum Gasteiger partial charge on any atom is -0.345 e. The summed E-state index contributed by atoms with van der Waals surface area (Å²) >= 11 is 0. The van der Waals surface area contributed by atoms with Crippen LogP contribution in [0.4, 0.5) is 0 Å². The van der Waals surface area contributed by atoms with Crippen LogP contribution in [0.5, 0.6) is 0 Å². The van der Waals surface area contributed by atoms with Crippen LogP contribution >= 0.6 is 0 Å². The second-order valence-electron chi connectivity index (χ2n) is 1.44. The molecule has 2 heteroatoms. The van der Waals surface area contributed by atoms with Crippen molar-refractivity contribution in [3.63, 3.8) is 0 Å². The van der Waals surface area contributed by atoms with Crippen LogP contribution in [0.1, 0.15) is 27.7 Å². The van der Waals surface area contributed by atoms with Gasteiger partial charge < -0.3 is 4.90 Å². The summed E-state index contributed by atoms with van der Waals surface area (Å²) in [5.41, 5.74) is 0. The molecule has 0 radical (unpaired) electrons. The highest BCUT2D eigenvalue weighted by atomic mass is 16.2. The number of rotatable bonds is 1. The Balaban J connectivity index is -0.000000138. The Morgan fingerprint density at radius 2 is 1.45 bits per heavy atom. The zero-order valence-electron chi connectivity index (χ0n) is 8.64. The second kappa shape index (κ2) is 16.1. The van der Waals surface area contributed by atoms with Gasteiger partial charge >= 0.3 is 0 Å². The molecule has 0 aliphatic rings. The van der Waals surface area contributed by atoms with E-state index in [-0.39, 0.29) is 5.91 Å². The van der Waals surface area contributed by atoms with Gasteiger partial charge in [-0.25, -0.2) is 0 Å². The van der Waals surface area contributed by atoms with E-state index in [0.29, 0.717) is 0 Å². The van der Waals surface area contributed by atoms with Gasteiger partial charge in [-0.05, 0) is 6.08 Å². The average Bonchev–Trinajstić information content (AvgIpc) is 2.10. The quantitative estimate of drug-likeness (QED) is 0.538. The number of hydrogen-bond acceptors (Lipinski definition) is 1. The van der Waals surface area contributed by atoms with Crippen molar-refractivity contribution >= 4 is 5.91 Å². The molecule has 0 saturated heterocycles. The SMILES string of the molecule is C=CC(=O)N(C)C.CC.CC. The average molecular weight is 159 g/mol. The number of nitrogens with zero attached hydrogens (tertiary/aromatic N) is 1. The Labute approximate surface area is 70.9 Å². The number of likely N-dealkylation sites (N-methyl/N-ethyl adjacent to an activating group) is 1. The summed E-state index contributed by atoms with van der Waals surface area (Å²) in [5, 5.41) is 0. The van der Waals surface area contributed by atoms with Crippen molar-refractivity contribution in [2.45, 2.75) is 27.7 Å². The number of amides is 1. The van der Waals surface area contributed by atoms with Crippen LogP contribution in [0.15, 0.2) is 12.7 Å². The van der Waals surface area contributed by atoms with Crippen molar-refractivity contribution in [2.75, 3.05) is 14.1 Å². The van der Waals surface area contributed by atoms with Gasteiger partial charge in [-0.3, -0.25) is 4.79 Å². The van der Waals surface area contributed by atoms with Gasteiger partial charge in [0.2, 0.25) is 5.91 Å². The molecule has 0 aliphatic heterocycles. The lowest BCUT2D eigenvalue weighted by atomic mass is 10.5. The van der Waals surface area contributed by atoms with Crippen molar-refractivity contribution in [3.8, 4) is 0 Å². The third-order valence-electron chi connectivity index (χ3n) is 0.615. The van der Waals surface area contributed by atoms with Gasteiger partial charge in [0.25, 0.3) is 0 Å². The Hall–Kier alpha value is -0.790. The molecule has 0 aromatic carbocycles. The summed E-state index contributed by atoms with van der Waals surface area (Å²) < 4.78 is 0. The minimum atomic E-state index is -0.0556. The molecule has 0 rings (SSSR count). The van der Waals surface area contributed by atoms with Crippen LogP contribution in [0.25, 0.3) is 0 Å². The van der Waals surface area contributed by atoms with Crippen LogP contribution in [0, 0.1) is 0 Å². The van der Waals surface area contributed by atoms with Crippen molar-refractivity contribution < 1.29 is 4.79 Å². The van der Waals surface area contributed by atoms with Crippen LogP contribution in [0.2, 0.25) is 0 Å². The summed E-state index contributed by atoms with van der Waals surface area (Å²) in [7, 11) is 3.37. The number of carbonyl (C=O) groups is 1. The standard InChI is InChI=1S/C5H9NO.2C2H6/c1-4-5(7)6(2)3;2*1-2/h4H,1H2,2-3H3;2*1-2H3. The van der Waals surface area contributed by atoms with Crippen LogP contribution in [-0.4, -0.2) is 24.9 Å². The first-order chi connectivity index (χ1) is 5.18. The Morgan fingerprint density at radius 3 is 1.45 bits per heavy atom. The molecule has 0 bridgehead atoms. The molecule has 0 heterocycles. The van der Waals surface area contributed by atoms with E-state index in [1.807, 2.05) is 27.7 Å². The largest absolute Gasteiger partial charge is 0.345 e. The molecule has 1 amide bonds. The van der Waals surface area contributed by atoms with Gasteiger partial charge in [-0.2, -0.15) is 0 Å². The molecule has 0 fully saturated rings. The first-order valence-corrected chi connectivity index (χ1v) is 4.02. The van der Waals surface area contributed by atoms with E-state index in [1.54, 1.807) is 14.1 Å². The summed E-state index contributed by atoms with van der Waals surface area (Å²) in [4.78, 5) is 11.8. The van der Waals surface area contributed by atoms with Gasteiger partial charge in [0.05, 0.1) is 0 Å². The van der Waals surface area contributed by atoms with E-state index < -0.39 is 0 Å². The molecule has 0 saturated carbocycles. The van der Waals surface area contributed by atoms with E-state index in [0.717, 1.165) is 0 Å². The highest BCUT2D eigenvalue weighted by molar-refractivity contribution is 5.86. The van der Waals surface area contributed by atoms with Gasteiger partial charge in [-0.1, -0.05) is 34.3 Å². The zero-order chi connectivity index (χ0) is 9.86. The predicted molar refractivity (Wildman–Crippen MR) is 51.6 cm³/mol. The third-order valence-corrected chi connectivity index (χ3v) is 0.615. The first-order valence-electron chi connectivity index (χ1n) is 4.02. The Bertz CT molecular complexity index is 87.6. The normalized spacial score (nSPS) is 6.00. The molecule has 0 unspecified atom stereocenters. The minimum absolute atomic E-state index is 0.0556. The van der Waals surface area contributed by atoms with Gasteiger partial charge in [0, 0.05) is 14.1 Å². The van der Waals surface area contributed by atoms with Gasteiger partial charge in [-0.15, -0.1) is 0 Å². The molecule has 0 aromatic heterocycles. The molecule has 0 spiro atoms. The van der Waals surface area contributed by atoms with Crippen molar-refractivity contribution in [1.29, 1.82) is 0 Å². The topological polar surface area (TPSA) is 20.3 Å². The molecule has 0 atom stereocenters. The fraction of sp³-hybridized carbons (Fsp3) is 0.667. The van der Waals surface area contributed by atoms with E-state index in [4.69, 9.17) is 0 Å². The maximum Gasteiger partial charge on any atom is 0.245 e. The highest BCUT2D eigenvalue weighted by Crippen LogP contribution is 1.74. The van der Waals surface area contributed by atoms with E-state index in [1.165, 1.54) is 11.0 Å². The van der Waals surface area contributed by atoms with Gasteiger partial charge in [0.1, 0.15) is 0 Å². The first kappa shape index (κ1) is 16.7. The molecular formula is C9H21NO. The summed E-state index contributed by atoms with van der Waals surface area (Å²) in [6, 6.07) is 0. The zero-order valence-corrected chi connectivity index (χ0v) is 8.64. The van der Waals surface area contributed by atoms with Crippen molar-refractivity contribution in [3.05, 3.63) is 12.7 Å². The lowest BCUT2D eigenvalue weighted by Crippen LogP contribution is -2.18.